The first kappa shape index (κ1) is 21.0. The van der Waals surface area contributed by atoms with Crippen LogP contribution in [0.1, 0.15) is 33.4 Å². The first-order valence-electron chi connectivity index (χ1n) is 10.7. The largest absolute Gasteiger partial charge is 0.508 e. The summed E-state index contributed by atoms with van der Waals surface area (Å²) in [4.78, 5) is 21.0. The Hall–Kier alpha value is -3.29. The molecule has 1 N–H and O–H groups in total. The molecule has 31 heavy (non-hydrogen) atoms. The minimum Gasteiger partial charge on any atom is -0.508 e. The maximum absolute atomic E-state index is 12.4. The fourth-order valence-corrected chi connectivity index (χ4v) is 3.85. The summed E-state index contributed by atoms with van der Waals surface area (Å²) < 4.78 is 7.40. The van der Waals surface area contributed by atoms with Crippen molar-refractivity contribution in [1.29, 1.82) is 0 Å². The van der Waals surface area contributed by atoms with Crippen LogP contribution in [0.3, 0.4) is 0 Å². The number of phenolic OH excluding ortho intramolecular Hbond substituents is 1. The highest BCUT2D eigenvalue weighted by Crippen LogP contribution is 2.30. The number of amides is 1. The average Bonchev–Trinajstić information content (AvgIpc) is 3.12. The third kappa shape index (κ3) is 4.28. The summed E-state index contributed by atoms with van der Waals surface area (Å²) >= 11 is 0. The number of carbonyl (C=O) groups excluding carboxylic acids is 1. The second-order valence-electron chi connectivity index (χ2n) is 8.71. The first-order chi connectivity index (χ1) is 14.8. The normalized spacial score (nSPS) is 14.8. The molecule has 4 rings (SSSR count). The molecule has 0 aliphatic carbocycles. The molecule has 1 aromatic carbocycles. The van der Waals surface area contributed by atoms with Gasteiger partial charge in [0.1, 0.15) is 22.4 Å². The number of carbonyl (C=O) groups is 1. The van der Waals surface area contributed by atoms with Gasteiger partial charge in [-0.05, 0) is 57.5 Å². The maximum atomic E-state index is 12.4. The van der Waals surface area contributed by atoms with E-state index >= 15 is 0 Å². The molecule has 1 amide bonds. The van der Waals surface area contributed by atoms with Gasteiger partial charge in [-0.2, -0.15) is 5.10 Å². The molecule has 8 nitrogen and oxygen atoms in total. The van der Waals surface area contributed by atoms with Crippen LogP contribution < -0.4 is 4.90 Å². The van der Waals surface area contributed by atoms with Crippen LogP contribution in [0.2, 0.25) is 0 Å². The number of hydrogen-bond donors (Lipinski definition) is 1. The zero-order chi connectivity index (χ0) is 22.2. The van der Waals surface area contributed by atoms with E-state index in [1.54, 1.807) is 17.0 Å². The highest BCUT2D eigenvalue weighted by Gasteiger charge is 2.27. The van der Waals surface area contributed by atoms with Gasteiger partial charge in [-0.1, -0.05) is 6.92 Å². The molecule has 3 aromatic rings. The third-order valence-electron chi connectivity index (χ3n) is 5.33. The fraction of sp³-hybridized carbons (Fsp3) is 0.435. The van der Waals surface area contributed by atoms with Gasteiger partial charge < -0.3 is 19.6 Å². The number of aromatic nitrogens is 3. The number of benzene rings is 1. The van der Waals surface area contributed by atoms with Gasteiger partial charge in [0, 0.05) is 32.4 Å². The smallest absolute Gasteiger partial charge is 0.410 e. The molecule has 2 aromatic heterocycles. The Morgan fingerprint density at radius 1 is 1.06 bits per heavy atom. The Balaban J connectivity index is 1.61. The lowest BCUT2D eigenvalue weighted by Gasteiger charge is -2.36. The average molecular weight is 424 g/mol. The van der Waals surface area contributed by atoms with Gasteiger partial charge in [0.25, 0.3) is 0 Å². The topological polar surface area (TPSA) is 83.7 Å². The number of hydrogen-bond acceptors (Lipinski definition) is 6. The highest BCUT2D eigenvalue weighted by atomic mass is 16.6. The Labute approximate surface area is 182 Å². The fourth-order valence-electron chi connectivity index (χ4n) is 3.85. The van der Waals surface area contributed by atoms with Crippen molar-refractivity contribution in [3.8, 4) is 11.4 Å². The van der Waals surface area contributed by atoms with Crippen molar-refractivity contribution >= 4 is 22.8 Å². The second kappa shape index (κ2) is 8.09. The van der Waals surface area contributed by atoms with Crippen molar-refractivity contribution in [2.45, 2.75) is 39.7 Å². The van der Waals surface area contributed by atoms with Crippen LogP contribution in [0.15, 0.2) is 36.5 Å². The lowest BCUT2D eigenvalue weighted by atomic mass is 10.2. The maximum Gasteiger partial charge on any atom is 0.410 e. The molecule has 0 bridgehead atoms. The SMILES string of the molecule is CCc1c2nccc(N3CCN(C(=O)OC(C)(C)C)CC3)c2nn1-c1ccc(O)cc1. The predicted molar refractivity (Wildman–Crippen MR) is 120 cm³/mol. The predicted octanol–water partition coefficient (Wildman–Crippen LogP) is 3.75. The molecule has 0 atom stereocenters. The van der Waals surface area contributed by atoms with E-state index in [4.69, 9.17) is 9.84 Å². The van der Waals surface area contributed by atoms with E-state index in [0.717, 1.165) is 34.5 Å². The van der Waals surface area contributed by atoms with Crippen LogP contribution in [-0.4, -0.2) is 62.6 Å². The summed E-state index contributed by atoms with van der Waals surface area (Å²) in [7, 11) is 0. The number of phenols is 1. The number of ether oxygens (including phenoxy) is 1. The summed E-state index contributed by atoms with van der Waals surface area (Å²) in [6.45, 7) is 10.3. The molecule has 0 saturated carbocycles. The zero-order valence-electron chi connectivity index (χ0n) is 18.5. The number of anilines is 1. The summed E-state index contributed by atoms with van der Waals surface area (Å²) in [6, 6.07) is 9.00. The highest BCUT2D eigenvalue weighted by molar-refractivity contribution is 5.90. The van der Waals surface area contributed by atoms with Crippen LogP contribution in [0, 0.1) is 0 Å². The molecule has 1 fully saturated rings. The van der Waals surface area contributed by atoms with E-state index in [0.29, 0.717) is 26.2 Å². The molecule has 0 radical (unpaired) electrons. The van der Waals surface area contributed by atoms with Gasteiger partial charge in [0.15, 0.2) is 0 Å². The van der Waals surface area contributed by atoms with Gasteiger partial charge in [-0.3, -0.25) is 4.98 Å². The van der Waals surface area contributed by atoms with Crippen molar-refractivity contribution in [1.82, 2.24) is 19.7 Å². The van der Waals surface area contributed by atoms with Gasteiger partial charge in [-0.15, -0.1) is 0 Å². The van der Waals surface area contributed by atoms with Crippen molar-refractivity contribution < 1.29 is 14.6 Å². The van der Waals surface area contributed by atoms with E-state index in [1.165, 1.54) is 0 Å². The zero-order valence-corrected chi connectivity index (χ0v) is 18.5. The number of piperazine rings is 1. The molecule has 8 heteroatoms. The summed E-state index contributed by atoms with van der Waals surface area (Å²) in [5, 5.41) is 14.5. The number of rotatable bonds is 3. The standard InChI is InChI=1S/C23H29N5O3/c1-5-18-20-21(25-28(18)16-6-8-17(29)9-7-16)19(10-11-24-20)26-12-14-27(15-13-26)22(30)31-23(2,3)4/h6-11,29H,5,12-15H2,1-4H3. The number of aromatic hydroxyl groups is 1. The van der Waals surface area contributed by atoms with E-state index in [-0.39, 0.29) is 11.8 Å². The summed E-state index contributed by atoms with van der Waals surface area (Å²) in [6.07, 6.45) is 2.33. The molecule has 0 unspecified atom stereocenters. The van der Waals surface area contributed by atoms with Crippen LogP contribution in [0.4, 0.5) is 10.5 Å². The first-order valence-corrected chi connectivity index (χ1v) is 10.7. The third-order valence-corrected chi connectivity index (χ3v) is 5.33. The molecular formula is C23H29N5O3. The number of aryl methyl sites for hydroxylation is 1. The quantitative estimate of drug-likeness (QED) is 0.691. The van der Waals surface area contributed by atoms with Gasteiger partial charge in [-0.25, -0.2) is 9.48 Å². The van der Waals surface area contributed by atoms with E-state index in [9.17, 15) is 9.90 Å². The Morgan fingerprint density at radius 2 is 1.74 bits per heavy atom. The molecular weight excluding hydrogens is 394 g/mol. The molecule has 1 aliphatic rings. The van der Waals surface area contributed by atoms with Crippen LogP contribution in [0.5, 0.6) is 5.75 Å². The summed E-state index contributed by atoms with van der Waals surface area (Å²) in [5.74, 6) is 0.222. The molecule has 164 valence electrons. The van der Waals surface area contributed by atoms with Crippen molar-refractivity contribution in [3.63, 3.8) is 0 Å². The lowest BCUT2D eigenvalue weighted by molar-refractivity contribution is 0.0240. The Bertz CT molecular complexity index is 1080. The minimum atomic E-state index is -0.497. The van der Waals surface area contributed by atoms with Crippen LogP contribution >= 0.6 is 0 Å². The van der Waals surface area contributed by atoms with Crippen molar-refractivity contribution in [3.05, 3.63) is 42.2 Å². The molecule has 1 saturated heterocycles. The van der Waals surface area contributed by atoms with E-state index < -0.39 is 5.60 Å². The van der Waals surface area contributed by atoms with Crippen molar-refractivity contribution in [2.75, 3.05) is 31.1 Å². The lowest BCUT2D eigenvalue weighted by Crippen LogP contribution is -2.50. The van der Waals surface area contributed by atoms with Gasteiger partial charge >= 0.3 is 6.09 Å². The van der Waals surface area contributed by atoms with E-state index in [1.807, 2.05) is 49.8 Å². The molecule has 0 spiro atoms. The van der Waals surface area contributed by atoms with Gasteiger partial charge in [0.2, 0.25) is 0 Å². The van der Waals surface area contributed by atoms with E-state index in [2.05, 4.69) is 16.8 Å². The minimum absolute atomic E-state index is 0.222. The van der Waals surface area contributed by atoms with Crippen LogP contribution in [-0.2, 0) is 11.2 Å². The van der Waals surface area contributed by atoms with Gasteiger partial charge in [0.05, 0.1) is 17.1 Å². The second-order valence-corrected chi connectivity index (χ2v) is 8.71. The molecule has 1 aliphatic heterocycles. The molecule has 3 heterocycles. The number of nitrogens with zero attached hydrogens (tertiary/aromatic N) is 5. The Kier molecular flexibility index (Phi) is 5.47. The monoisotopic (exact) mass is 423 g/mol. The number of fused-ring (bicyclic) bond motifs is 1. The van der Waals surface area contributed by atoms with Crippen molar-refractivity contribution in [2.24, 2.45) is 0 Å². The van der Waals surface area contributed by atoms with Crippen LogP contribution in [0.25, 0.3) is 16.7 Å². The summed E-state index contributed by atoms with van der Waals surface area (Å²) in [5.41, 5.74) is 4.15. The number of pyridine rings is 1. The Morgan fingerprint density at radius 3 is 2.35 bits per heavy atom.